The van der Waals surface area contributed by atoms with Crippen LogP contribution in [0.25, 0.3) is 16.6 Å². The molecule has 3 aromatic carbocycles. The Morgan fingerprint density at radius 2 is 1.67 bits per heavy atom. The maximum Gasteiger partial charge on any atom is 0.266 e. The van der Waals surface area contributed by atoms with Crippen LogP contribution in [-0.4, -0.2) is 33.7 Å². The maximum atomic E-state index is 13.4. The first-order valence-corrected chi connectivity index (χ1v) is 11.5. The van der Waals surface area contributed by atoms with Crippen molar-refractivity contribution in [1.29, 1.82) is 0 Å². The van der Waals surface area contributed by atoms with Crippen molar-refractivity contribution in [2.24, 2.45) is 0 Å². The zero-order chi connectivity index (χ0) is 22.9. The van der Waals surface area contributed by atoms with Crippen LogP contribution in [0.5, 0.6) is 0 Å². The average Bonchev–Trinajstić information content (AvgIpc) is 2.83. The number of halogens is 1. The minimum atomic E-state index is -0.272. The van der Waals surface area contributed by atoms with Crippen molar-refractivity contribution >= 4 is 57.5 Å². The Kier molecular flexibility index (Phi) is 5.62. The molecule has 0 saturated carbocycles. The normalized spacial score (nSPS) is 13.0. The molecule has 1 aliphatic rings. The van der Waals surface area contributed by atoms with E-state index in [0.717, 1.165) is 11.8 Å². The summed E-state index contributed by atoms with van der Waals surface area (Å²) < 4.78 is 1.43. The highest BCUT2D eigenvalue weighted by atomic mass is 35.5. The fraction of sp³-hybridized carbons (Fsp3) is 0.0833. The molecule has 1 N–H and O–H groups in total. The van der Waals surface area contributed by atoms with Gasteiger partial charge in [0.1, 0.15) is 6.54 Å². The van der Waals surface area contributed by atoms with Gasteiger partial charge in [0.2, 0.25) is 11.8 Å². The van der Waals surface area contributed by atoms with Gasteiger partial charge in [-0.1, -0.05) is 59.8 Å². The summed E-state index contributed by atoms with van der Waals surface area (Å²) in [5.41, 5.74) is 1.97. The Morgan fingerprint density at radius 3 is 2.48 bits per heavy atom. The highest BCUT2D eigenvalue weighted by molar-refractivity contribution is 7.99. The quantitative estimate of drug-likeness (QED) is 0.354. The van der Waals surface area contributed by atoms with E-state index < -0.39 is 0 Å². The van der Waals surface area contributed by atoms with E-state index in [9.17, 15) is 14.4 Å². The fourth-order valence-electron chi connectivity index (χ4n) is 3.71. The molecule has 0 atom stereocenters. The molecule has 2 heterocycles. The van der Waals surface area contributed by atoms with E-state index in [2.05, 4.69) is 10.3 Å². The second-order valence-corrected chi connectivity index (χ2v) is 8.69. The van der Waals surface area contributed by atoms with Crippen LogP contribution in [0.2, 0.25) is 5.02 Å². The first-order valence-electron chi connectivity index (χ1n) is 10.1. The number of aromatic nitrogens is 2. The van der Waals surface area contributed by atoms with Crippen LogP contribution in [0, 0.1) is 0 Å². The predicted molar refractivity (Wildman–Crippen MR) is 130 cm³/mol. The lowest BCUT2D eigenvalue weighted by molar-refractivity contribution is -0.120. The van der Waals surface area contributed by atoms with Crippen molar-refractivity contribution in [3.63, 3.8) is 0 Å². The number of nitrogens with zero attached hydrogens (tertiary/aromatic N) is 3. The summed E-state index contributed by atoms with van der Waals surface area (Å²) in [4.78, 5) is 44.7. The molecule has 4 aromatic rings. The summed E-state index contributed by atoms with van der Waals surface area (Å²) in [5.74, 6) is -0.545. The van der Waals surface area contributed by atoms with E-state index in [1.807, 2.05) is 6.07 Å². The number of hydrogen-bond donors (Lipinski definition) is 1. The average molecular weight is 477 g/mol. The van der Waals surface area contributed by atoms with Crippen molar-refractivity contribution < 1.29 is 9.59 Å². The van der Waals surface area contributed by atoms with E-state index >= 15 is 0 Å². The lowest BCUT2D eigenvalue weighted by Gasteiger charge is -2.29. The number of amides is 2. The van der Waals surface area contributed by atoms with Gasteiger partial charge in [-0.25, -0.2) is 4.98 Å². The Labute approximate surface area is 198 Å². The van der Waals surface area contributed by atoms with Crippen LogP contribution in [0.3, 0.4) is 0 Å². The molecule has 5 rings (SSSR count). The third-order valence-electron chi connectivity index (χ3n) is 5.23. The third kappa shape index (κ3) is 3.99. The Hall–Kier alpha value is -3.62. The Morgan fingerprint density at radius 1 is 0.970 bits per heavy atom. The summed E-state index contributed by atoms with van der Waals surface area (Å²) in [6.45, 7) is -0.0706. The number of para-hydroxylation sites is 4. The Bertz CT molecular complexity index is 1470. The summed E-state index contributed by atoms with van der Waals surface area (Å²) >= 11 is 7.52. The van der Waals surface area contributed by atoms with Crippen LogP contribution in [0.1, 0.15) is 0 Å². The summed E-state index contributed by atoms with van der Waals surface area (Å²) in [6, 6.07) is 21.2. The molecule has 0 bridgehead atoms. The van der Waals surface area contributed by atoms with Crippen LogP contribution < -0.4 is 15.8 Å². The van der Waals surface area contributed by atoms with Gasteiger partial charge >= 0.3 is 0 Å². The monoisotopic (exact) mass is 476 g/mol. The van der Waals surface area contributed by atoms with Gasteiger partial charge in [0.15, 0.2) is 5.16 Å². The number of hydrogen-bond acceptors (Lipinski definition) is 5. The zero-order valence-electron chi connectivity index (χ0n) is 17.2. The molecule has 0 saturated heterocycles. The molecule has 1 aromatic heterocycles. The highest BCUT2D eigenvalue weighted by Gasteiger charge is 2.27. The molecular formula is C24H17ClN4O3S. The van der Waals surface area contributed by atoms with E-state index in [4.69, 9.17) is 11.6 Å². The fourth-order valence-corrected chi connectivity index (χ4v) is 4.82. The van der Waals surface area contributed by atoms with Crippen LogP contribution in [-0.2, 0) is 9.59 Å². The molecule has 33 heavy (non-hydrogen) atoms. The predicted octanol–water partition coefficient (Wildman–Crippen LogP) is 4.12. The van der Waals surface area contributed by atoms with Gasteiger partial charge in [-0.15, -0.1) is 0 Å². The highest BCUT2D eigenvalue weighted by Crippen LogP contribution is 2.31. The van der Waals surface area contributed by atoms with Crippen molar-refractivity contribution in [2.75, 3.05) is 22.5 Å². The summed E-state index contributed by atoms with van der Waals surface area (Å²) in [6.07, 6.45) is 0. The molecule has 0 fully saturated rings. The van der Waals surface area contributed by atoms with Gasteiger partial charge in [0, 0.05) is 0 Å². The zero-order valence-corrected chi connectivity index (χ0v) is 18.8. The molecule has 9 heteroatoms. The van der Waals surface area contributed by atoms with E-state index in [1.54, 1.807) is 66.7 Å². The van der Waals surface area contributed by atoms with Crippen LogP contribution in [0.15, 0.2) is 82.7 Å². The van der Waals surface area contributed by atoms with E-state index in [-0.39, 0.29) is 29.7 Å². The lowest BCUT2D eigenvalue weighted by atomic mass is 10.2. The molecule has 7 nitrogen and oxygen atoms in total. The topological polar surface area (TPSA) is 84.3 Å². The van der Waals surface area contributed by atoms with Gasteiger partial charge in [0.25, 0.3) is 5.56 Å². The molecule has 164 valence electrons. The van der Waals surface area contributed by atoms with Crippen LogP contribution in [0.4, 0.5) is 11.4 Å². The SMILES string of the molecule is O=C1CN(C(=O)CSc2nc3ccccc3c(=O)n2-c2ccccc2Cl)c2ccccc2N1. The van der Waals surface area contributed by atoms with Gasteiger partial charge < -0.3 is 10.2 Å². The first kappa shape index (κ1) is 21.2. The van der Waals surface area contributed by atoms with Crippen molar-refractivity contribution in [2.45, 2.75) is 5.16 Å². The number of fused-ring (bicyclic) bond motifs is 2. The van der Waals surface area contributed by atoms with E-state index in [1.165, 1.54) is 9.47 Å². The van der Waals surface area contributed by atoms with Gasteiger partial charge in [-0.2, -0.15) is 0 Å². The van der Waals surface area contributed by atoms with Crippen molar-refractivity contribution in [1.82, 2.24) is 9.55 Å². The smallest absolute Gasteiger partial charge is 0.266 e. The largest absolute Gasteiger partial charge is 0.323 e. The van der Waals surface area contributed by atoms with Gasteiger partial charge in [-0.05, 0) is 36.4 Å². The number of thioether (sulfide) groups is 1. The molecule has 0 unspecified atom stereocenters. The first-order chi connectivity index (χ1) is 16.0. The lowest BCUT2D eigenvalue weighted by Crippen LogP contribution is -2.43. The minimum absolute atomic E-state index is 0.0170. The number of benzene rings is 3. The minimum Gasteiger partial charge on any atom is -0.323 e. The molecular weight excluding hydrogens is 460 g/mol. The molecule has 0 spiro atoms. The van der Waals surface area contributed by atoms with Gasteiger partial charge in [-0.3, -0.25) is 19.0 Å². The van der Waals surface area contributed by atoms with E-state index in [0.29, 0.717) is 38.1 Å². The number of nitrogens with one attached hydrogen (secondary N) is 1. The standard InChI is InChI=1S/C24H17ClN4O3S/c25-16-8-2-5-11-19(16)29-23(32)15-7-1-3-9-17(15)27-24(29)33-14-22(31)28-13-21(30)26-18-10-4-6-12-20(18)28/h1-12H,13-14H2,(H,26,30). The molecule has 0 radical (unpaired) electrons. The second-order valence-electron chi connectivity index (χ2n) is 7.34. The summed E-state index contributed by atoms with van der Waals surface area (Å²) in [7, 11) is 0. The molecule has 1 aliphatic heterocycles. The Balaban J connectivity index is 1.53. The maximum absolute atomic E-state index is 13.4. The number of carbonyl (C=O) groups is 2. The number of rotatable bonds is 4. The van der Waals surface area contributed by atoms with Crippen molar-refractivity contribution in [3.05, 3.63) is 88.2 Å². The number of anilines is 2. The molecule has 2 amide bonds. The van der Waals surface area contributed by atoms with Gasteiger partial charge in [0.05, 0.1) is 38.7 Å². The molecule has 0 aliphatic carbocycles. The number of carbonyl (C=O) groups excluding carboxylic acids is 2. The van der Waals surface area contributed by atoms with Crippen molar-refractivity contribution in [3.8, 4) is 5.69 Å². The van der Waals surface area contributed by atoms with Crippen LogP contribution >= 0.6 is 23.4 Å². The third-order valence-corrected chi connectivity index (χ3v) is 6.48. The summed E-state index contributed by atoms with van der Waals surface area (Å²) in [5, 5.41) is 3.96. The second kappa shape index (κ2) is 8.73.